The highest BCUT2D eigenvalue weighted by Crippen LogP contribution is 2.09. The maximum absolute atomic E-state index is 12.0. The fourth-order valence-electron chi connectivity index (χ4n) is 1.87. The van der Waals surface area contributed by atoms with E-state index in [9.17, 15) is 14.4 Å². The Morgan fingerprint density at radius 3 is 2.12 bits per heavy atom. The van der Waals surface area contributed by atoms with Gasteiger partial charge in [-0.2, -0.15) is 0 Å². The van der Waals surface area contributed by atoms with Crippen LogP contribution in [0.4, 0.5) is 0 Å². The Kier molecular flexibility index (Phi) is 4.89. The number of primary amides is 2. The maximum Gasteiger partial charge on any atom is 0.240 e. The molecule has 7 nitrogen and oxygen atoms in total. The van der Waals surface area contributed by atoms with Gasteiger partial charge in [-0.05, 0) is 19.4 Å². The van der Waals surface area contributed by atoms with Crippen LogP contribution in [0.15, 0.2) is 0 Å². The van der Waals surface area contributed by atoms with Gasteiger partial charge >= 0.3 is 0 Å². The first-order valence-corrected chi connectivity index (χ1v) is 5.59. The number of nitrogens with one attached hydrogen (secondary N) is 1. The molecule has 1 saturated heterocycles. The van der Waals surface area contributed by atoms with Gasteiger partial charge in [0.15, 0.2) is 0 Å². The van der Waals surface area contributed by atoms with Crippen LogP contribution < -0.4 is 16.8 Å². The lowest BCUT2D eigenvalue weighted by Crippen LogP contribution is -2.52. The molecule has 17 heavy (non-hydrogen) atoms. The molecule has 7 heteroatoms. The summed E-state index contributed by atoms with van der Waals surface area (Å²) in [7, 11) is 0. The average molecular weight is 242 g/mol. The van der Waals surface area contributed by atoms with Gasteiger partial charge in [-0.15, -0.1) is 0 Å². The van der Waals surface area contributed by atoms with E-state index in [4.69, 9.17) is 11.5 Å². The minimum absolute atomic E-state index is 0.278. The molecule has 1 aliphatic rings. The van der Waals surface area contributed by atoms with Crippen LogP contribution in [0.5, 0.6) is 0 Å². The molecule has 0 saturated carbocycles. The highest BCUT2D eigenvalue weighted by Gasteiger charge is 2.27. The van der Waals surface area contributed by atoms with Gasteiger partial charge < -0.3 is 21.7 Å². The monoisotopic (exact) mass is 242 g/mol. The van der Waals surface area contributed by atoms with Gasteiger partial charge in [-0.3, -0.25) is 14.4 Å². The summed E-state index contributed by atoms with van der Waals surface area (Å²) in [5.74, 6) is -1.60. The normalized spacial score (nSPS) is 19.6. The Balaban J connectivity index is 2.63. The molecule has 0 aliphatic carbocycles. The first kappa shape index (κ1) is 13.4. The quantitative estimate of drug-likeness (QED) is 0.513. The first-order chi connectivity index (χ1) is 8.00. The van der Waals surface area contributed by atoms with Crippen molar-refractivity contribution in [2.45, 2.75) is 25.3 Å². The highest BCUT2D eigenvalue weighted by atomic mass is 16.2. The van der Waals surface area contributed by atoms with E-state index in [-0.39, 0.29) is 25.0 Å². The summed E-state index contributed by atoms with van der Waals surface area (Å²) < 4.78 is 0. The molecule has 1 rings (SSSR count). The molecule has 1 fully saturated rings. The zero-order valence-electron chi connectivity index (χ0n) is 9.65. The summed E-state index contributed by atoms with van der Waals surface area (Å²) in [6.45, 7) is 0.206. The van der Waals surface area contributed by atoms with Crippen LogP contribution in [0.3, 0.4) is 0 Å². The molecular weight excluding hydrogens is 224 g/mol. The number of rotatable bonds is 5. The topological polar surface area (TPSA) is 119 Å². The first-order valence-electron chi connectivity index (χ1n) is 5.59. The van der Waals surface area contributed by atoms with Crippen LogP contribution in [-0.4, -0.2) is 48.3 Å². The molecule has 0 aromatic rings. The van der Waals surface area contributed by atoms with Gasteiger partial charge in [-0.25, -0.2) is 0 Å². The van der Waals surface area contributed by atoms with Crippen molar-refractivity contribution in [1.82, 2.24) is 10.2 Å². The van der Waals surface area contributed by atoms with E-state index in [2.05, 4.69) is 5.32 Å². The second-order valence-corrected chi connectivity index (χ2v) is 4.13. The molecule has 0 spiro atoms. The number of nitrogens with two attached hydrogens (primary N) is 2. The number of carbonyl (C=O) groups is 3. The number of carbonyl (C=O) groups excluding carboxylic acids is 3. The van der Waals surface area contributed by atoms with Crippen molar-refractivity contribution < 1.29 is 14.4 Å². The summed E-state index contributed by atoms with van der Waals surface area (Å²) >= 11 is 0. The van der Waals surface area contributed by atoms with Crippen molar-refractivity contribution in [3.8, 4) is 0 Å². The van der Waals surface area contributed by atoms with Crippen LogP contribution in [0.1, 0.15) is 19.3 Å². The summed E-state index contributed by atoms with van der Waals surface area (Å²) in [5, 5.41) is 3.05. The van der Waals surface area contributed by atoms with Crippen LogP contribution in [0.2, 0.25) is 0 Å². The van der Waals surface area contributed by atoms with Crippen LogP contribution >= 0.6 is 0 Å². The van der Waals surface area contributed by atoms with Crippen LogP contribution in [-0.2, 0) is 14.4 Å². The number of hydrogen-bond donors (Lipinski definition) is 3. The summed E-state index contributed by atoms with van der Waals surface area (Å²) in [5.41, 5.74) is 10.1. The SMILES string of the molecule is NC(=O)CN(CC(N)=O)C(=O)[C@H]1CCCCN1. The third-order valence-electron chi connectivity index (χ3n) is 2.61. The van der Waals surface area contributed by atoms with Crippen molar-refractivity contribution in [1.29, 1.82) is 0 Å². The zero-order chi connectivity index (χ0) is 12.8. The molecule has 1 heterocycles. The van der Waals surface area contributed by atoms with E-state index in [1.807, 2.05) is 0 Å². The molecule has 1 atom stereocenters. The van der Waals surface area contributed by atoms with E-state index < -0.39 is 11.8 Å². The van der Waals surface area contributed by atoms with Gasteiger partial charge in [0, 0.05) is 0 Å². The van der Waals surface area contributed by atoms with E-state index in [0.717, 1.165) is 24.3 Å². The third kappa shape index (κ3) is 4.39. The summed E-state index contributed by atoms with van der Waals surface area (Å²) in [6.07, 6.45) is 2.67. The smallest absolute Gasteiger partial charge is 0.240 e. The Labute approximate surface area is 99.5 Å². The van der Waals surface area contributed by atoms with Gasteiger partial charge in [0.25, 0.3) is 0 Å². The van der Waals surface area contributed by atoms with Crippen molar-refractivity contribution in [3.05, 3.63) is 0 Å². The fourth-order valence-corrected chi connectivity index (χ4v) is 1.87. The zero-order valence-corrected chi connectivity index (χ0v) is 9.65. The van der Waals surface area contributed by atoms with Crippen molar-refractivity contribution in [2.75, 3.05) is 19.6 Å². The number of nitrogens with zero attached hydrogens (tertiary/aromatic N) is 1. The van der Waals surface area contributed by atoms with Crippen molar-refractivity contribution in [2.24, 2.45) is 11.5 Å². The molecule has 0 aromatic heterocycles. The summed E-state index contributed by atoms with van der Waals surface area (Å²) in [6, 6.07) is -0.345. The predicted octanol–water partition coefficient (Wildman–Crippen LogP) is -2.07. The Morgan fingerprint density at radius 2 is 1.71 bits per heavy atom. The number of piperidine rings is 1. The highest BCUT2D eigenvalue weighted by molar-refractivity contribution is 5.90. The minimum Gasteiger partial charge on any atom is -0.368 e. The fraction of sp³-hybridized carbons (Fsp3) is 0.700. The molecule has 1 aliphatic heterocycles. The van der Waals surface area contributed by atoms with Crippen LogP contribution in [0, 0.1) is 0 Å². The van der Waals surface area contributed by atoms with Gasteiger partial charge in [0.1, 0.15) is 0 Å². The molecule has 3 amide bonds. The lowest BCUT2D eigenvalue weighted by molar-refractivity contribution is -0.140. The second-order valence-electron chi connectivity index (χ2n) is 4.13. The van der Waals surface area contributed by atoms with Gasteiger partial charge in [-0.1, -0.05) is 6.42 Å². The molecule has 96 valence electrons. The number of amides is 3. The number of hydrogen-bond acceptors (Lipinski definition) is 4. The Hall–Kier alpha value is -1.63. The Morgan fingerprint density at radius 1 is 1.12 bits per heavy atom. The average Bonchev–Trinajstić information content (AvgIpc) is 2.27. The van der Waals surface area contributed by atoms with Crippen molar-refractivity contribution >= 4 is 17.7 Å². The predicted molar refractivity (Wildman–Crippen MR) is 60.6 cm³/mol. The maximum atomic E-state index is 12.0. The largest absolute Gasteiger partial charge is 0.368 e. The third-order valence-corrected chi connectivity index (χ3v) is 2.61. The second kappa shape index (κ2) is 6.19. The minimum atomic E-state index is -0.657. The summed E-state index contributed by atoms with van der Waals surface area (Å²) in [4.78, 5) is 34.8. The molecule has 0 bridgehead atoms. The lowest BCUT2D eigenvalue weighted by Gasteiger charge is -2.28. The Bertz CT molecular complexity index is 297. The van der Waals surface area contributed by atoms with Crippen molar-refractivity contribution in [3.63, 3.8) is 0 Å². The van der Waals surface area contributed by atoms with E-state index >= 15 is 0 Å². The van der Waals surface area contributed by atoms with Crippen LogP contribution in [0.25, 0.3) is 0 Å². The lowest BCUT2D eigenvalue weighted by atomic mass is 10.0. The van der Waals surface area contributed by atoms with E-state index in [0.29, 0.717) is 6.42 Å². The van der Waals surface area contributed by atoms with Gasteiger partial charge in [0.05, 0.1) is 19.1 Å². The molecular formula is C10H18N4O3. The molecule has 0 unspecified atom stereocenters. The molecule has 5 N–H and O–H groups in total. The molecule has 0 radical (unpaired) electrons. The van der Waals surface area contributed by atoms with E-state index in [1.165, 1.54) is 0 Å². The van der Waals surface area contributed by atoms with E-state index in [1.54, 1.807) is 0 Å². The molecule has 0 aromatic carbocycles. The van der Waals surface area contributed by atoms with Gasteiger partial charge in [0.2, 0.25) is 17.7 Å². The standard InChI is InChI=1S/C10H18N4O3/c11-8(15)5-14(6-9(12)16)10(17)7-3-1-2-4-13-7/h7,13H,1-6H2,(H2,11,15)(H2,12,16)/t7-/m1/s1.